The number of likely N-dealkylation sites (tertiary alicyclic amines) is 1. The fraction of sp³-hybridized carbons (Fsp3) is 0.385. The molecule has 0 aromatic heterocycles. The maximum absolute atomic E-state index is 13.0. The van der Waals surface area contributed by atoms with Crippen LogP contribution in [-0.2, 0) is 4.79 Å². The normalized spacial score (nSPS) is 19.2. The molecule has 0 spiro atoms. The van der Waals surface area contributed by atoms with Crippen molar-refractivity contribution < 1.29 is 14.0 Å². The van der Waals surface area contributed by atoms with Gasteiger partial charge in [-0.3, -0.25) is 9.59 Å². The number of rotatable bonds is 2. The van der Waals surface area contributed by atoms with Gasteiger partial charge in [0.05, 0.1) is 5.56 Å². The van der Waals surface area contributed by atoms with E-state index >= 15 is 0 Å². The van der Waals surface area contributed by atoms with Gasteiger partial charge in [0.15, 0.2) is 0 Å². The largest absolute Gasteiger partial charge is 0.398 e. The summed E-state index contributed by atoms with van der Waals surface area (Å²) in [7, 11) is 0. The Kier molecular flexibility index (Phi) is 3.69. The van der Waals surface area contributed by atoms with E-state index in [0.717, 1.165) is 18.9 Å². The first-order chi connectivity index (χ1) is 9.00. The molecule has 1 atom stereocenters. The minimum absolute atomic E-state index is 0.0683. The zero-order chi connectivity index (χ0) is 14.0. The van der Waals surface area contributed by atoms with Crippen molar-refractivity contribution in [3.8, 4) is 0 Å². The number of primary amides is 1. The van der Waals surface area contributed by atoms with Gasteiger partial charge in [-0.15, -0.1) is 0 Å². The van der Waals surface area contributed by atoms with Gasteiger partial charge in [-0.25, -0.2) is 4.39 Å². The van der Waals surface area contributed by atoms with Crippen LogP contribution in [0.5, 0.6) is 0 Å². The lowest BCUT2D eigenvalue weighted by Gasteiger charge is -2.33. The van der Waals surface area contributed by atoms with E-state index < -0.39 is 17.8 Å². The number of nitrogens with zero attached hydrogens (tertiary/aromatic N) is 1. The first-order valence-corrected chi connectivity index (χ1v) is 6.16. The van der Waals surface area contributed by atoms with Crippen LogP contribution in [0, 0.1) is 5.82 Å². The third-order valence-electron chi connectivity index (χ3n) is 3.34. The lowest BCUT2D eigenvalue weighted by atomic mass is 10.00. The van der Waals surface area contributed by atoms with Gasteiger partial charge in [0.25, 0.3) is 5.91 Å². The summed E-state index contributed by atoms with van der Waals surface area (Å²) in [5.74, 6) is -1.39. The number of nitrogen functional groups attached to an aromatic ring is 1. The van der Waals surface area contributed by atoms with E-state index in [1.807, 2.05) is 0 Å². The number of hydrogen-bond donors (Lipinski definition) is 2. The Morgan fingerprint density at radius 3 is 2.68 bits per heavy atom. The van der Waals surface area contributed by atoms with Crippen molar-refractivity contribution in [2.45, 2.75) is 25.3 Å². The zero-order valence-corrected chi connectivity index (χ0v) is 10.4. The first-order valence-electron chi connectivity index (χ1n) is 6.16. The van der Waals surface area contributed by atoms with Gasteiger partial charge in [-0.05, 0) is 37.5 Å². The number of piperidine rings is 1. The van der Waals surface area contributed by atoms with E-state index in [1.165, 1.54) is 17.0 Å². The summed E-state index contributed by atoms with van der Waals surface area (Å²) >= 11 is 0. The van der Waals surface area contributed by atoms with Crippen LogP contribution in [0.2, 0.25) is 0 Å². The maximum atomic E-state index is 13.0. The molecule has 2 amide bonds. The summed E-state index contributed by atoms with van der Waals surface area (Å²) < 4.78 is 13.0. The van der Waals surface area contributed by atoms with Gasteiger partial charge >= 0.3 is 0 Å². The molecule has 1 heterocycles. The van der Waals surface area contributed by atoms with Crippen LogP contribution in [0.15, 0.2) is 18.2 Å². The predicted molar refractivity (Wildman–Crippen MR) is 68.7 cm³/mol. The van der Waals surface area contributed by atoms with Crippen LogP contribution in [0.1, 0.15) is 29.6 Å². The van der Waals surface area contributed by atoms with Crippen molar-refractivity contribution in [1.82, 2.24) is 4.90 Å². The van der Waals surface area contributed by atoms with Crippen LogP contribution in [0.25, 0.3) is 0 Å². The van der Waals surface area contributed by atoms with E-state index in [9.17, 15) is 14.0 Å². The van der Waals surface area contributed by atoms with E-state index in [1.54, 1.807) is 0 Å². The van der Waals surface area contributed by atoms with Crippen LogP contribution < -0.4 is 11.5 Å². The second kappa shape index (κ2) is 5.26. The molecule has 1 unspecified atom stereocenters. The highest BCUT2D eigenvalue weighted by Gasteiger charge is 2.31. The Hall–Kier alpha value is -2.11. The summed E-state index contributed by atoms with van der Waals surface area (Å²) in [6.45, 7) is 0.462. The molecule has 0 bridgehead atoms. The van der Waals surface area contributed by atoms with Crippen molar-refractivity contribution in [2.75, 3.05) is 12.3 Å². The first kappa shape index (κ1) is 13.3. The van der Waals surface area contributed by atoms with Gasteiger partial charge in [-0.1, -0.05) is 0 Å². The fourth-order valence-electron chi connectivity index (χ4n) is 2.35. The molecule has 1 aromatic rings. The van der Waals surface area contributed by atoms with E-state index in [-0.39, 0.29) is 17.2 Å². The smallest absolute Gasteiger partial charge is 0.256 e. The summed E-state index contributed by atoms with van der Waals surface area (Å²) in [6, 6.07) is 2.99. The van der Waals surface area contributed by atoms with Crippen molar-refractivity contribution in [2.24, 2.45) is 5.73 Å². The minimum Gasteiger partial charge on any atom is -0.398 e. The second-order valence-corrected chi connectivity index (χ2v) is 4.64. The second-order valence-electron chi connectivity index (χ2n) is 4.64. The molecule has 6 heteroatoms. The highest BCUT2D eigenvalue weighted by atomic mass is 19.1. The van der Waals surface area contributed by atoms with Gasteiger partial charge < -0.3 is 16.4 Å². The Morgan fingerprint density at radius 2 is 2.05 bits per heavy atom. The summed E-state index contributed by atoms with van der Waals surface area (Å²) in [6.07, 6.45) is 2.23. The third-order valence-corrected chi connectivity index (χ3v) is 3.34. The zero-order valence-electron chi connectivity index (χ0n) is 10.4. The molecule has 0 saturated carbocycles. The molecule has 0 radical (unpaired) electrons. The average molecular weight is 265 g/mol. The molecular weight excluding hydrogens is 249 g/mol. The van der Waals surface area contributed by atoms with Crippen LogP contribution in [0.3, 0.4) is 0 Å². The third kappa shape index (κ3) is 2.67. The van der Waals surface area contributed by atoms with Crippen LogP contribution in [-0.4, -0.2) is 29.3 Å². The average Bonchev–Trinajstić information content (AvgIpc) is 2.38. The maximum Gasteiger partial charge on any atom is 0.256 e. The van der Waals surface area contributed by atoms with Crippen molar-refractivity contribution in [1.29, 1.82) is 0 Å². The minimum atomic E-state index is -0.606. The van der Waals surface area contributed by atoms with Crippen molar-refractivity contribution in [3.05, 3.63) is 29.6 Å². The monoisotopic (exact) mass is 265 g/mol. The Bertz CT molecular complexity index is 519. The van der Waals surface area contributed by atoms with Gasteiger partial charge in [0.1, 0.15) is 11.9 Å². The van der Waals surface area contributed by atoms with Crippen LogP contribution in [0.4, 0.5) is 10.1 Å². The number of nitrogens with two attached hydrogens (primary N) is 2. The highest BCUT2D eigenvalue weighted by molar-refractivity contribution is 6.01. The van der Waals surface area contributed by atoms with E-state index in [0.29, 0.717) is 13.0 Å². The Balaban J connectivity index is 2.28. The van der Waals surface area contributed by atoms with E-state index in [4.69, 9.17) is 11.5 Å². The number of hydrogen-bond acceptors (Lipinski definition) is 3. The van der Waals surface area contributed by atoms with Crippen molar-refractivity contribution >= 4 is 17.5 Å². The standard InChI is InChI=1S/C13H16FN3O2/c14-8-4-5-9(10(15)7-8)13(19)17-6-2-1-3-11(17)12(16)18/h4-5,7,11H,1-3,6,15H2,(H2,16,18). The molecule has 1 aliphatic rings. The molecule has 1 aromatic carbocycles. The molecule has 102 valence electrons. The van der Waals surface area contributed by atoms with Crippen LogP contribution >= 0.6 is 0 Å². The van der Waals surface area contributed by atoms with Gasteiger partial charge in [0.2, 0.25) is 5.91 Å². The molecule has 19 heavy (non-hydrogen) atoms. The number of carbonyl (C=O) groups is 2. The SMILES string of the molecule is NC(=O)C1CCCCN1C(=O)c1ccc(F)cc1N. The number of anilines is 1. The number of halogens is 1. The van der Waals surface area contributed by atoms with Crippen molar-refractivity contribution in [3.63, 3.8) is 0 Å². The quantitative estimate of drug-likeness (QED) is 0.778. The molecule has 2 rings (SSSR count). The highest BCUT2D eigenvalue weighted by Crippen LogP contribution is 2.22. The lowest BCUT2D eigenvalue weighted by molar-refractivity contribution is -0.123. The number of benzene rings is 1. The summed E-state index contributed by atoms with van der Waals surface area (Å²) in [5, 5.41) is 0. The lowest BCUT2D eigenvalue weighted by Crippen LogP contribution is -2.50. The Labute approximate surface area is 110 Å². The topological polar surface area (TPSA) is 89.4 Å². The predicted octanol–water partition coefficient (Wildman–Crippen LogP) is 0.888. The molecule has 5 nitrogen and oxygen atoms in total. The number of amides is 2. The van der Waals surface area contributed by atoms with Gasteiger partial charge in [-0.2, -0.15) is 0 Å². The summed E-state index contributed by atoms with van der Waals surface area (Å²) in [4.78, 5) is 25.2. The van der Waals surface area contributed by atoms with Gasteiger partial charge in [0, 0.05) is 12.2 Å². The molecule has 1 aliphatic heterocycles. The summed E-state index contributed by atoms with van der Waals surface area (Å²) in [5.41, 5.74) is 11.2. The molecular formula is C13H16FN3O2. The molecule has 0 aliphatic carbocycles. The molecule has 1 saturated heterocycles. The number of carbonyl (C=O) groups excluding carboxylic acids is 2. The molecule has 1 fully saturated rings. The molecule has 4 N–H and O–H groups in total. The van der Waals surface area contributed by atoms with E-state index in [2.05, 4.69) is 0 Å². The fourth-order valence-corrected chi connectivity index (χ4v) is 2.35. The Morgan fingerprint density at radius 1 is 1.32 bits per heavy atom.